The quantitative estimate of drug-likeness (QED) is 0.486. The van der Waals surface area contributed by atoms with Gasteiger partial charge in [-0.2, -0.15) is 0 Å². The number of likely N-dealkylation sites (N-methyl/N-ethyl adjacent to an activating group) is 1. The SMILES string of the molecule is CCNC(=O)CNC(=O)COC(=O)CN1C(=O)c2ccccc2C1=O. The van der Waals surface area contributed by atoms with Crippen LogP contribution in [0.2, 0.25) is 0 Å². The molecule has 1 aliphatic heterocycles. The molecule has 2 N–H and O–H groups in total. The van der Waals surface area contributed by atoms with Gasteiger partial charge in [0.25, 0.3) is 17.7 Å². The fraction of sp³-hybridized carbons (Fsp3) is 0.312. The molecular formula is C16H17N3O6. The molecule has 0 radical (unpaired) electrons. The highest BCUT2D eigenvalue weighted by Crippen LogP contribution is 2.21. The van der Waals surface area contributed by atoms with E-state index in [-0.39, 0.29) is 23.6 Å². The summed E-state index contributed by atoms with van der Waals surface area (Å²) < 4.78 is 4.72. The smallest absolute Gasteiger partial charge is 0.326 e. The van der Waals surface area contributed by atoms with Gasteiger partial charge in [0.15, 0.2) is 6.61 Å². The lowest BCUT2D eigenvalue weighted by atomic mass is 10.1. The summed E-state index contributed by atoms with van der Waals surface area (Å²) in [6, 6.07) is 6.22. The van der Waals surface area contributed by atoms with E-state index in [0.717, 1.165) is 4.90 Å². The Labute approximate surface area is 143 Å². The molecule has 1 aromatic rings. The fourth-order valence-electron chi connectivity index (χ4n) is 2.19. The van der Waals surface area contributed by atoms with E-state index in [2.05, 4.69) is 10.6 Å². The molecule has 0 saturated heterocycles. The summed E-state index contributed by atoms with van der Waals surface area (Å²) in [4.78, 5) is 59.4. The molecule has 25 heavy (non-hydrogen) atoms. The van der Waals surface area contributed by atoms with Crippen LogP contribution in [-0.2, 0) is 19.1 Å². The van der Waals surface area contributed by atoms with Crippen molar-refractivity contribution in [2.75, 3.05) is 26.2 Å². The Balaban J connectivity index is 1.80. The van der Waals surface area contributed by atoms with Gasteiger partial charge >= 0.3 is 5.97 Å². The fourth-order valence-corrected chi connectivity index (χ4v) is 2.19. The minimum Gasteiger partial charge on any atom is -0.454 e. The number of amides is 4. The normalized spacial score (nSPS) is 12.6. The number of hydrogen-bond acceptors (Lipinski definition) is 6. The summed E-state index contributed by atoms with van der Waals surface area (Å²) in [5, 5.41) is 4.76. The van der Waals surface area contributed by atoms with Crippen LogP contribution in [0.4, 0.5) is 0 Å². The third-order valence-corrected chi connectivity index (χ3v) is 3.35. The van der Waals surface area contributed by atoms with Crippen LogP contribution in [0.15, 0.2) is 24.3 Å². The average molecular weight is 347 g/mol. The second kappa shape index (κ2) is 8.04. The second-order valence-electron chi connectivity index (χ2n) is 5.13. The van der Waals surface area contributed by atoms with Crippen molar-refractivity contribution in [2.24, 2.45) is 0 Å². The maximum Gasteiger partial charge on any atom is 0.326 e. The minimum absolute atomic E-state index is 0.222. The van der Waals surface area contributed by atoms with Crippen LogP contribution in [0.1, 0.15) is 27.6 Å². The number of nitrogens with one attached hydrogen (secondary N) is 2. The van der Waals surface area contributed by atoms with E-state index in [4.69, 9.17) is 4.74 Å². The molecule has 9 heteroatoms. The zero-order valence-electron chi connectivity index (χ0n) is 13.5. The molecule has 0 bridgehead atoms. The van der Waals surface area contributed by atoms with Crippen molar-refractivity contribution in [2.45, 2.75) is 6.92 Å². The molecule has 0 spiro atoms. The first-order chi connectivity index (χ1) is 11.9. The number of ether oxygens (including phenoxy) is 1. The summed E-state index contributed by atoms with van der Waals surface area (Å²) >= 11 is 0. The number of imide groups is 1. The van der Waals surface area contributed by atoms with Crippen molar-refractivity contribution in [1.29, 1.82) is 0 Å². The van der Waals surface area contributed by atoms with E-state index in [1.54, 1.807) is 19.1 Å². The van der Waals surface area contributed by atoms with Gasteiger partial charge in [-0.05, 0) is 19.1 Å². The van der Waals surface area contributed by atoms with E-state index in [0.29, 0.717) is 6.54 Å². The van der Waals surface area contributed by atoms with E-state index in [9.17, 15) is 24.0 Å². The Morgan fingerprint density at radius 3 is 2.16 bits per heavy atom. The molecule has 0 unspecified atom stereocenters. The van der Waals surface area contributed by atoms with Crippen molar-refractivity contribution in [3.8, 4) is 0 Å². The molecule has 9 nitrogen and oxygen atoms in total. The highest BCUT2D eigenvalue weighted by Gasteiger charge is 2.36. The topological polar surface area (TPSA) is 122 Å². The lowest BCUT2D eigenvalue weighted by Gasteiger charge is -2.13. The molecule has 1 aliphatic rings. The first kappa shape index (κ1) is 18.1. The Kier molecular flexibility index (Phi) is 5.83. The lowest BCUT2D eigenvalue weighted by Crippen LogP contribution is -2.40. The van der Waals surface area contributed by atoms with Gasteiger partial charge in [-0.3, -0.25) is 28.9 Å². The van der Waals surface area contributed by atoms with Gasteiger partial charge in [0.1, 0.15) is 6.54 Å². The summed E-state index contributed by atoms with van der Waals surface area (Å²) in [5.41, 5.74) is 0.444. The summed E-state index contributed by atoms with van der Waals surface area (Å²) in [6.45, 7) is 0.741. The Hall–Kier alpha value is -3.23. The molecule has 4 amide bonds. The third kappa shape index (κ3) is 4.40. The number of benzene rings is 1. The van der Waals surface area contributed by atoms with Gasteiger partial charge in [-0.25, -0.2) is 0 Å². The first-order valence-electron chi connectivity index (χ1n) is 7.58. The molecule has 2 rings (SSSR count). The van der Waals surface area contributed by atoms with Crippen LogP contribution >= 0.6 is 0 Å². The molecule has 0 atom stereocenters. The number of fused-ring (bicyclic) bond motifs is 1. The number of hydrogen-bond donors (Lipinski definition) is 2. The zero-order valence-corrected chi connectivity index (χ0v) is 13.5. The Bertz CT molecular complexity index is 695. The maximum atomic E-state index is 12.1. The largest absolute Gasteiger partial charge is 0.454 e. The van der Waals surface area contributed by atoms with Gasteiger partial charge < -0.3 is 15.4 Å². The molecule has 1 heterocycles. The second-order valence-corrected chi connectivity index (χ2v) is 5.13. The van der Waals surface area contributed by atoms with Gasteiger partial charge in [0.05, 0.1) is 17.7 Å². The predicted molar refractivity (Wildman–Crippen MR) is 84.5 cm³/mol. The molecule has 0 aliphatic carbocycles. The van der Waals surface area contributed by atoms with Gasteiger partial charge in [-0.15, -0.1) is 0 Å². The Morgan fingerprint density at radius 2 is 1.60 bits per heavy atom. The van der Waals surface area contributed by atoms with Gasteiger partial charge in [-0.1, -0.05) is 12.1 Å². The van der Waals surface area contributed by atoms with Crippen molar-refractivity contribution < 1.29 is 28.7 Å². The highest BCUT2D eigenvalue weighted by atomic mass is 16.5. The predicted octanol–water partition coefficient (Wildman–Crippen LogP) is -0.922. The number of nitrogens with zero attached hydrogens (tertiary/aromatic N) is 1. The molecule has 132 valence electrons. The standard InChI is InChI=1S/C16H17N3O6/c1-2-17-12(20)7-18-13(21)9-25-14(22)8-19-15(23)10-5-3-4-6-11(10)16(19)24/h3-6H,2,7-9H2,1H3,(H,17,20)(H,18,21). The summed E-state index contributed by atoms with van der Waals surface area (Å²) in [7, 11) is 0. The van der Waals surface area contributed by atoms with Gasteiger partial charge in [0, 0.05) is 6.54 Å². The van der Waals surface area contributed by atoms with Crippen molar-refractivity contribution in [3.63, 3.8) is 0 Å². The summed E-state index contributed by atoms with van der Waals surface area (Å²) in [5.74, 6) is -3.10. The number of carbonyl (C=O) groups is 5. The van der Waals surface area contributed by atoms with E-state index in [1.165, 1.54) is 12.1 Å². The van der Waals surface area contributed by atoms with E-state index >= 15 is 0 Å². The zero-order chi connectivity index (χ0) is 18.4. The lowest BCUT2D eigenvalue weighted by molar-refractivity contribution is -0.148. The maximum absolute atomic E-state index is 12.1. The number of rotatable bonds is 7. The third-order valence-electron chi connectivity index (χ3n) is 3.35. The number of carbonyl (C=O) groups excluding carboxylic acids is 5. The van der Waals surface area contributed by atoms with Gasteiger partial charge in [0.2, 0.25) is 5.91 Å². The molecular weight excluding hydrogens is 330 g/mol. The van der Waals surface area contributed by atoms with E-state index < -0.39 is 36.8 Å². The van der Waals surface area contributed by atoms with Crippen LogP contribution in [0.25, 0.3) is 0 Å². The minimum atomic E-state index is -0.900. The van der Waals surface area contributed by atoms with Crippen LogP contribution < -0.4 is 10.6 Å². The van der Waals surface area contributed by atoms with Crippen LogP contribution in [0, 0.1) is 0 Å². The van der Waals surface area contributed by atoms with Crippen LogP contribution in [-0.4, -0.2) is 60.7 Å². The highest BCUT2D eigenvalue weighted by molar-refractivity contribution is 6.22. The van der Waals surface area contributed by atoms with Crippen molar-refractivity contribution in [1.82, 2.24) is 15.5 Å². The monoisotopic (exact) mass is 347 g/mol. The van der Waals surface area contributed by atoms with Crippen molar-refractivity contribution >= 4 is 29.6 Å². The first-order valence-corrected chi connectivity index (χ1v) is 7.58. The number of esters is 1. The Morgan fingerprint density at radius 1 is 1.00 bits per heavy atom. The van der Waals surface area contributed by atoms with Crippen LogP contribution in [0.3, 0.4) is 0 Å². The molecule has 0 saturated carbocycles. The summed E-state index contributed by atoms with van der Waals surface area (Å²) in [6.07, 6.45) is 0. The molecule has 0 aromatic heterocycles. The molecule has 1 aromatic carbocycles. The van der Waals surface area contributed by atoms with E-state index in [1.807, 2.05) is 0 Å². The molecule has 0 fully saturated rings. The van der Waals surface area contributed by atoms with Crippen LogP contribution in [0.5, 0.6) is 0 Å². The average Bonchev–Trinajstić information content (AvgIpc) is 2.84. The van der Waals surface area contributed by atoms with Crippen molar-refractivity contribution in [3.05, 3.63) is 35.4 Å².